The Morgan fingerprint density at radius 3 is 2.52 bits per heavy atom. The maximum atomic E-state index is 12.4. The number of hydrogen-bond donors (Lipinski definition) is 1. The van der Waals surface area contributed by atoms with Gasteiger partial charge in [-0.05, 0) is 46.3 Å². The van der Waals surface area contributed by atoms with Crippen LogP contribution in [0.1, 0.15) is 0 Å². The number of fused-ring (bicyclic) bond motifs is 1. The number of hydrogen-bond acceptors (Lipinski definition) is 5. The molecule has 0 bridgehead atoms. The van der Waals surface area contributed by atoms with Crippen LogP contribution in [0.2, 0.25) is 0 Å². The van der Waals surface area contributed by atoms with Gasteiger partial charge in [-0.15, -0.1) is 0 Å². The first kappa shape index (κ1) is 15.4. The van der Waals surface area contributed by atoms with Crippen molar-refractivity contribution in [2.75, 3.05) is 14.2 Å². The van der Waals surface area contributed by atoms with Gasteiger partial charge in [0.05, 0.1) is 19.6 Å². The van der Waals surface area contributed by atoms with E-state index in [1.807, 2.05) is 0 Å². The van der Waals surface area contributed by atoms with Crippen molar-refractivity contribution in [2.45, 2.75) is 0 Å². The number of methoxy groups -OCH3 is 2. The molecule has 0 saturated carbocycles. The highest BCUT2D eigenvalue weighted by atomic mass is 79.9. The maximum Gasteiger partial charge on any atom is 0.236 e. The van der Waals surface area contributed by atoms with Crippen molar-refractivity contribution >= 4 is 26.9 Å². The zero-order chi connectivity index (χ0) is 16.6. The normalized spacial score (nSPS) is 10.7. The van der Waals surface area contributed by atoms with Crippen LogP contribution in [0.15, 0.2) is 50.1 Å². The molecule has 0 fully saturated rings. The molecule has 0 amide bonds. The van der Waals surface area contributed by atoms with Crippen molar-refractivity contribution in [3.63, 3.8) is 0 Å². The van der Waals surface area contributed by atoms with Crippen molar-refractivity contribution in [3.8, 4) is 28.6 Å². The van der Waals surface area contributed by atoms with E-state index in [0.29, 0.717) is 32.5 Å². The molecule has 0 spiro atoms. The molecule has 23 heavy (non-hydrogen) atoms. The Balaban J connectivity index is 2.29. The Labute approximate surface area is 140 Å². The lowest BCUT2D eigenvalue weighted by molar-refractivity contribution is 0.355. The van der Waals surface area contributed by atoms with Gasteiger partial charge in [0.1, 0.15) is 5.58 Å². The Bertz CT molecular complexity index is 946. The minimum atomic E-state index is -0.497. The SMILES string of the molecule is COc1ccc(-c2oc3cccc(Br)c3c(=O)c2O)cc1OC. The summed E-state index contributed by atoms with van der Waals surface area (Å²) in [5.74, 6) is 0.654. The number of benzene rings is 2. The highest BCUT2D eigenvalue weighted by Gasteiger charge is 2.18. The Morgan fingerprint density at radius 1 is 1.09 bits per heavy atom. The number of ether oxygens (including phenoxy) is 2. The van der Waals surface area contributed by atoms with Crippen LogP contribution in [0.4, 0.5) is 0 Å². The maximum absolute atomic E-state index is 12.4. The van der Waals surface area contributed by atoms with Gasteiger partial charge in [-0.1, -0.05) is 6.07 Å². The predicted octanol–water partition coefficient (Wildman–Crippen LogP) is 3.95. The van der Waals surface area contributed by atoms with Gasteiger partial charge in [0.15, 0.2) is 17.3 Å². The van der Waals surface area contributed by atoms with E-state index < -0.39 is 11.2 Å². The van der Waals surface area contributed by atoms with Gasteiger partial charge in [0, 0.05) is 10.0 Å². The molecule has 0 atom stereocenters. The minimum Gasteiger partial charge on any atom is -0.502 e. The van der Waals surface area contributed by atoms with Gasteiger partial charge in [-0.2, -0.15) is 0 Å². The summed E-state index contributed by atoms with van der Waals surface area (Å²) in [6.07, 6.45) is 0. The standard InChI is InChI=1S/C17H13BrO5/c1-21-11-7-6-9(8-13(11)22-2)17-16(20)15(19)14-10(18)4-3-5-12(14)23-17/h3-8,20H,1-2H3. The lowest BCUT2D eigenvalue weighted by Gasteiger charge is -2.10. The number of aromatic hydroxyl groups is 1. The fourth-order valence-corrected chi connectivity index (χ4v) is 2.89. The summed E-state index contributed by atoms with van der Waals surface area (Å²) in [6.45, 7) is 0. The fourth-order valence-electron chi connectivity index (χ4n) is 2.36. The van der Waals surface area contributed by atoms with Crippen LogP contribution in [-0.4, -0.2) is 19.3 Å². The molecule has 5 nitrogen and oxygen atoms in total. The van der Waals surface area contributed by atoms with Crippen molar-refractivity contribution in [1.29, 1.82) is 0 Å². The van der Waals surface area contributed by atoms with Gasteiger partial charge in [-0.25, -0.2) is 0 Å². The second-order valence-corrected chi connectivity index (χ2v) is 5.65. The quantitative estimate of drug-likeness (QED) is 0.749. The second kappa shape index (κ2) is 5.96. The molecule has 1 heterocycles. The van der Waals surface area contributed by atoms with Gasteiger partial charge >= 0.3 is 0 Å². The largest absolute Gasteiger partial charge is 0.502 e. The third-order valence-electron chi connectivity index (χ3n) is 3.49. The molecule has 0 aliphatic carbocycles. The summed E-state index contributed by atoms with van der Waals surface area (Å²) in [5, 5.41) is 10.6. The first-order valence-corrected chi connectivity index (χ1v) is 7.52. The molecule has 2 aromatic carbocycles. The highest BCUT2D eigenvalue weighted by molar-refractivity contribution is 9.10. The van der Waals surface area contributed by atoms with Crippen LogP contribution in [0.25, 0.3) is 22.3 Å². The second-order valence-electron chi connectivity index (χ2n) is 4.79. The van der Waals surface area contributed by atoms with Crippen molar-refractivity contribution in [1.82, 2.24) is 0 Å². The van der Waals surface area contributed by atoms with Crippen LogP contribution < -0.4 is 14.9 Å². The molecule has 118 valence electrons. The van der Waals surface area contributed by atoms with E-state index in [4.69, 9.17) is 13.9 Å². The summed E-state index contributed by atoms with van der Waals surface area (Å²) in [7, 11) is 3.04. The van der Waals surface area contributed by atoms with Gasteiger partial charge < -0.3 is 19.0 Å². The summed E-state index contributed by atoms with van der Waals surface area (Å²) in [6, 6.07) is 10.1. The summed E-state index contributed by atoms with van der Waals surface area (Å²) < 4.78 is 16.7. The zero-order valence-electron chi connectivity index (χ0n) is 12.4. The van der Waals surface area contributed by atoms with Crippen molar-refractivity contribution in [2.24, 2.45) is 0 Å². The number of halogens is 1. The highest BCUT2D eigenvalue weighted by Crippen LogP contribution is 2.36. The first-order chi connectivity index (χ1) is 11.1. The first-order valence-electron chi connectivity index (χ1n) is 6.73. The molecule has 0 saturated heterocycles. The van der Waals surface area contributed by atoms with Crippen LogP contribution in [0.3, 0.4) is 0 Å². The van der Waals surface area contributed by atoms with Gasteiger partial charge in [0.25, 0.3) is 0 Å². The monoisotopic (exact) mass is 376 g/mol. The van der Waals surface area contributed by atoms with Crippen LogP contribution in [0.5, 0.6) is 17.2 Å². The lowest BCUT2D eigenvalue weighted by atomic mass is 10.1. The molecule has 1 N–H and O–H groups in total. The van der Waals surface area contributed by atoms with Gasteiger partial charge in [-0.3, -0.25) is 4.79 Å². The average Bonchev–Trinajstić information content (AvgIpc) is 2.57. The van der Waals surface area contributed by atoms with Crippen LogP contribution in [0, 0.1) is 0 Å². The third-order valence-corrected chi connectivity index (χ3v) is 4.15. The molecular weight excluding hydrogens is 364 g/mol. The Kier molecular flexibility index (Phi) is 4.00. The van der Waals surface area contributed by atoms with Gasteiger partial charge in [0.2, 0.25) is 11.2 Å². The topological polar surface area (TPSA) is 68.9 Å². The molecule has 6 heteroatoms. The molecule has 3 rings (SSSR count). The van der Waals surface area contributed by atoms with E-state index in [0.717, 1.165) is 0 Å². The summed E-state index contributed by atoms with van der Waals surface area (Å²) in [4.78, 5) is 12.4. The summed E-state index contributed by atoms with van der Waals surface area (Å²) in [5.41, 5.74) is 0.398. The van der Waals surface area contributed by atoms with E-state index >= 15 is 0 Å². The van der Waals surface area contributed by atoms with Crippen LogP contribution >= 0.6 is 15.9 Å². The molecule has 0 aliphatic heterocycles. The molecule has 0 unspecified atom stereocenters. The zero-order valence-corrected chi connectivity index (χ0v) is 14.0. The van der Waals surface area contributed by atoms with Crippen molar-refractivity contribution in [3.05, 3.63) is 51.1 Å². The number of rotatable bonds is 3. The van der Waals surface area contributed by atoms with E-state index in [1.165, 1.54) is 14.2 Å². The summed E-state index contributed by atoms with van der Waals surface area (Å²) >= 11 is 3.30. The lowest BCUT2D eigenvalue weighted by Crippen LogP contribution is -2.03. The van der Waals surface area contributed by atoms with Crippen LogP contribution in [-0.2, 0) is 0 Å². The molecule has 1 aromatic heterocycles. The average molecular weight is 377 g/mol. The molecule has 3 aromatic rings. The molecule has 0 aliphatic rings. The minimum absolute atomic E-state index is 0.0848. The Morgan fingerprint density at radius 2 is 1.83 bits per heavy atom. The third kappa shape index (κ3) is 2.55. The van der Waals surface area contributed by atoms with Crippen molar-refractivity contribution < 1.29 is 19.0 Å². The van der Waals surface area contributed by atoms with E-state index in [-0.39, 0.29) is 5.76 Å². The smallest absolute Gasteiger partial charge is 0.236 e. The molecule has 0 radical (unpaired) electrons. The predicted molar refractivity (Wildman–Crippen MR) is 90.4 cm³/mol. The Hall–Kier alpha value is -2.47. The fraction of sp³-hybridized carbons (Fsp3) is 0.118. The van der Waals surface area contributed by atoms with E-state index in [1.54, 1.807) is 36.4 Å². The molecular formula is C17H13BrO5. The van der Waals surface area contributed by atoms with E-state index in [9.17, 15) is 9.90 Å². The van der Waals surface area contributed by atoms with E-state index in [2.05, 4.69) is 15.9 Å².